The van der Waals surface area contributed by atoms with Gasteiger partial charge in [-0.25, -0.2) is 9.79 Å². The van der Waals surface area contributed by atoms with Crippen molar-refractivity contribution in [3.63, 3.8) is 0 Å². The Morgan fingerprint density at radius 2 is 1.89 bits per heavy atom. The first kappa shape index (κ1) is 22.8. The third-order valence-electron chi connectivity index (χ3n) is 4.14. The van der Waals surface area contributed by atoms with Gasteiger partial charge < -0.3 is 24.8 Å². The van der Waals surface area contributed by atoms with Gasteiger partial charge in [0.25, 0.3) is 0 Å². The van der Waals surface area contributed by atoms with Crippen LogP contribution in [0.5, 0.6) is 5.75 Å². The summed E-state index contributed by atoms with van der Waals surface area (Å²) in [7, 11) is 4.59. The number of hydrogen-bond donors (Lipinski definition) is 2. The van der Waals surface area contributed by atoms with Crippen molar-refractivity contribution in [2.75, 3.05) is 34.4 Å². The summed E-state index contributed by atoms with van der Waals surface area (Å²) in [5.74, 6) is 0.739. The Hall–Kier alpha value is -2.28. The number of nitrogens with zero attached hydrogens (tertiary/aromatic N) is 1. The van der Waals surface area contributed by atoms with Crippen LogP contribution >= 0.6 is 0 Å². The van der Waals surface area contributed by atoms with Gasteiger partial charge in [-0.15, -0.1) is 0 Å². The molecule has 27 heavy (non-hydrogen) atoms. The number of aliphatic imine (C=N–C) groups is 1. The molecule has 0 bridgehead atoms. The molecule has 0 aliphatic rings. The highest BCUT2D eigenvalue weighted by atomic mass is 16.5. The van der Waals surface area contributed by atoms with Crippen LogP contribution in [0.25, 0.3) is 0 Å². The highest BCUT2D eigenvalue weighted by Gasteiger charge is 2.24. The molecule has 1 aromatic rings. The number of rotatable bonds is 8. The van der Waals surface area contributed by atoms with Gasteiger partial charge in [0.1, 0.15) is 11.3 Å². The van der Waals surface area contributed by atoms with Gasteiger partial charge in [-0.2, -0.15) is 0 Å². The Balaban J connectivity index is 2.90. The van der Waals surface area contributed by atoms with Crippen molar-refractivity contribution >= 4 is 11.9 Å². The average molecular weight is 380 g/mol. The Morgan fingerprint density at radius 3 is 2.41 bits per heavy atom. The lowest BCUT2D eigenvalue weighted by Gasteiger charge is -2.30. The lowest BCUT2D eigenvalue weighted by Crippen LogP contribution is -2.45. The predicted molar refractivity (Wildman–Crippen MR) is 107 cm³/mol. The molecule has 0 saturated heterocycles. The van der Waals surface area contributed by atoms with Crippen LogP contribution in [0.3, 0.4) is 0 Å². The molecular weight excluding hydrogens is 346 g/mol. The van der Waals surface area contributed by atoms with Crippen LogP contribution in [0.15, 0.2) is 23.2 Å². The Morgan fingerprint density at radius 1 is 1.19 bits per heavy atom. The number of esters is 1. The van der Waals surface area contributed by atoms with Gasteiger partial charge in [-0.1, -0.05) is 26.8 Å². The summed E-state index contributed by atoms with van der Waals surface area (Å²) < 4.78 is 15.6. The van der Waals surface area contributed by atoms with Gasteiger partial charge in [0, 0.05) is 20.2 Å². The molecule has 7 nitrogen and oxygen atoms in total. The Kier molecular flexibility index (Phi) is 9.08. The van der Waals surface area contributed by atoms with Crippen LogP contribution in [0.1, 0.15) is 43.6 Å². The highest BCUT2D eigenvalue weighted by molar-refractivity contribution is 5.92. The summed E-state index contributed by atoms with van der Waals surface area (Å²) in [5.41, 5.74) is 1.29. The van der Waals surface area contributed by atoms with Crippen molar-refractivity contribution in [2.45, 2.75) is 40.3 Å². The minimum absolute atomic E-state index is 0.0183. The first-order valence-corrected chi connectivity index (χ1v) is 9.07. The van der Waals surface area contributed by atoms with Crippen LogP contribution in [-0.4, -0.2) is 52.5 Å². The monoisotopic (exact) mass is 379 g/mol. The molecule has 0 amide bonds. The van der Waals surface area contributed by atoms with Crippen LogP contribution in [0.4, 0.5) is 0 Å². The molecule has 0 aromatic heterocycles. The topological polar surface area (TPSA) is 81.2 Å². The van der Waals surface area contributed by atoms with Crippen LogP contribution in [0, 0.1) is 5.41 Å². The molecule has 0 fully saturated rings. The smallest absolute Gasteiger partial charge is 0.341 e. The minimum Gasteiger partial charge on any atom is -0.496 e. The van der Waals surface area contributed by atoms with E-state index in [1.165, 1.54) is 14.2 Å². The van der Waals surface area contributed by atoms with E-state index in [9.17, 15) is 4.79 Å². The van der Waals surface area contributed by atoms with Crippen LogP contribution in [-0.2, 0) is 16.0 Å². The third-order valence-corrected chi connectivity index (χ3v) is 4.14. The van der Waals surface area contributed by atoms with Crippen molar-refractivity contribution in [3.8, 4) is 5.75 Å². The fraction of sp³-hybridized carbons (Fsp3) is 0.600. The highest BCUT2D eigenvalue weighted by Crippen LogP contribution is 2.22. The maximum absolute atomic E-state index is 11.9. The van der Waals surface area contributed by atoms with E-state index in [1.807, 2.05) is 13.0 Å². The summed E-state index contributed by atoms with van der Waals surface area (Å²) >= 11 is 0. The van der Waals surface area contributed by atoms with Gasteiger partial charge in [0.05, 0.1) is 26.9 Å². The van der Waals surface area contributed by atoms with Crippen LogP contribution < -0.4 is 15.4 Å². The molecule has 2 N–H and O–H groups in total. The largest absolute Gasteiger partial charge is 0.496 e. The van der Waals surface area contributed by atoms with Crippen molar-refractivity contribution < 1.29 is 19.0 Å². The van der Waals surface area contributed by atoms with E-state index in [2.05, 4.69) is 36.4 Å². The van der Waals surface area contributed by atoms with Gasteiger partial charge in [-0.05, 0) is 30.0 Å². The number of hydrogen-bond acceptors (Lipinski definition) is 5. The second kappa shape index (κ2) is 10.8. The van der Waals surface area contributed by atoms with Crippen molar-refractivity contribution in [1.29, 1.82) is 0 Å². The van der Waals surface area contributed by atoms with E-state index >= 15 is 0 Å². The summed E-state index contributed by atoms with van der Waals surface area (Å²) in [6.45, 7) is 10.2. The maximum Gasteiger partial charge on any atom is 0.341 e. The molecule has 0 heterocycles. The minimum atomic E-state index is -0.434. The molecule has 0 saturated carbocycles. The lowest BCUT2D eigenvalue weighted by atomic mass is 9.89. The zero-order chi connectivity index (χ0) is 20.4. The quantitative estimate of drug-likeness (QED) is 0.410. The molecule has 0 radical (unpaired) electrons. The van der Waals surface area contributed by atoms with Crippen LogP contribution in [0.2, 0.25) is 0 Å². The second-order valence-electron chi connectivity index (χ2n) is 7.19. The summed E-state index contributed by atoms with van der Waals surface area (Å²) in [6.07, 6.45) is 0.0493. The standard InChI is InChI=1S/C20H33N3O4/c1-8-21-19(23-13-17(26-6)20(2,3)4)22-12-14-9-10-16(25-5)15(11-14)18(24)27-7/h9-11,17H,8,12-13H2,1-7H3,(H2,21,22,23). The first-order chi connectivity index (χ1) is 12.8. The molecule has 152 valence electrons. The van der Waals surface area contributed by atoms with Crippen molar-refractivity contribution in [3.05, 3.63) is 29.3 Å². The molecule has 0 aliphatic heterocycles. The number of benzene rings is 1. The van der Waals surface area contributed by atoms with Crippen molar-refractivity contribution in [2.24, 2.45) is 10.4 Å². The molecule has 1 aromatic carbocycles. The van der Waals surface area contributed by atoms with Gasteiger partial charge in [0.2, 0.25) is 0 Å². The third kappa shape index (κ3) is 7.09. The molecular formula is C20H33N3O4. The fourth-order valence-corrected chi connectivity index (χ4v) is 2.57. The predicted octanol–water partition coefficient (Wildman–Crippen LogP) is 2.60. The average Bonchev–Trinajstić information content (AvgIpc) is 2.64. The lowest BCUT2D eigenvalue weighted by molar-refractivity contribution is 0.0205. The van der Waals surface area contributed by atoms with E-state index in [-0.39, 0.29) is 11.5 Å². The summed E-state index contributed by atoms with van der Waals surface area (Å²) in [5, 5.41) is 6.54. The summed E-state index contributed by atoms with van der Waals surface area (Å²) in [4.78, 5) is 16.5. The Labute approximate surface area is 162 Å². The number of carbonyl (C=O) groups excluding carboxylic acids is 1. The zero-order valence-electron chi connectivity index (χ0n) is 17.5. The van der Waals surface area contributed by atoms with Gasteiger partial charge in [0.15, 0.2) is 5.96 Å². The second-order valence-corrected chi connectivity index (χ2v) is 7.19. The molecule has 0 spiro atoms. The normalized spacial score (nSPS) is 13.1. The fourth-order valence-electron chi connectivity index (χ4n) is 2.57. The number of methoxy groups -OCH3 is 3. The van der Waals surface area contributed by atoms with Gasteiger partial charge >= 0.3 is 5.97 Å². The van der Waals surface area contributed by atoms with Gasteiger partial charge in [-0.3, -0.25) is 0 Å². The number of carbonyl (C=O) groups is 1. The number of nitrogens with one attached hydrogen (secondary N) is 2. The van der Waals surface area contributed by atoms with E-state index < -0.39 is 5.97 Å². The van der Waals surface area contributed by atoms with E-state index in [0.29, 0.717) is 30.4 Å². The molecule has 1 atom stereocenters. The molecule has 1 rings (SSSR count). The molecule has 0 aliphatic carbocycles. The maximum atomic E-state index is 11.9. The van der Waals surface area contributed by atoms with E-state index in [0.717, 1.165) is 12.1 Å². The van der Waals surface area contributed by atoms with E-state index in [1.54, 1.807) is 19.2 Å². The molecule has 7 heteroatoms. The number of ether oxygens (including phenoxy) is 3. The Bertz CT molecular complexity index is 639. The van der Waals surface area contributed by atoms with Crippen molar-refractivity contribution in [1.82, 2.24) is 10.6 Å². The molecule has 1 unspecified atom stereocenters. The first-order valence-electron chi connectivity index (χ1n) is 9.07. The summed E-state index contributed by atoms with van der Waals surface area (Å²) in [6, 6.07) is 5.37. The zero-order valence-corrected chi connectivity index (χ0v) is 17.5. The SMILES string of the molecule is CCNC(=NCc1ccc(OC)c(C(=O)OC)c1)NCC(OC)C(C)(C)C. The van der Waals surface area contributed by atoms with E-state index in [4.69, 9.17) is 14.2 Å². The number of guanidine groups is 1.